The average molecular weight is 252 g/mol. The lowest BCUT2D eigenvalue weighted by Gasteiger charge is -2.26. The van der Waals surface area contributed by atoms with Crippen LogP contribution in [0.2, 0.25) is 0 Å². The van der Waals surface area contributed by atoms with Gasteiger partial charge in [0.2, 0.25) is 0 Å². The Morgan fingerprint density at radius 1 is 0.889 bits per heavy atom. The van der Waals surface area contributed by atoms with Gasteiger partial charge in [-0.3, -0.25) is 0 Å². The lowest BCUT2D eigenvalue weighted by atomic mass is 9.80. The Hall–Kier alpha value is 0. The molecule has 4 unspecified atom stereocenters. The highest BCUT2D eigenvalue weighted by Gasteiger charge is 2.33. The second-order valence-electron chi connectivity index (χ2n) is 7.53. The van der Waals surface area contributed by atoms with E-state index in [1.54, 1.807) is 0 Å². The van der Waals surface area contributed by atoms with Gasteiger partial charge in [-0.15, -0.1) is 0 Å². The Bertz CT molecular complexity index is 212. The van der Waals surface area contributed by atoms with Crippen molar-refractivity contribution in [3.05, 3.63) is 0 Å². The molecule has 0 radical (unpaired) electrons. The first-order valence-electron chi connectivity index (χ1n) is 8.45. The van der Waals surface area contributed by atoms with Crippen LogP contribution in [0.15, 0.2) is 0 Å². The molecule has 4 atom stereocenters. The molecule has 1 aliphatic carbocycles. The molecule has 0 aromatic rings. The third-order valence-corrected chi connectivity index (χ3v) is 5.49. The summed E-state index contributed by atoms with van der Waals surface area (Å²) in [5, 5.41) is 0. The van der Waals surface area contributed by atoms with Crippen LogP contribution in [0.5, 0.6) is 0 Å². The van der Waals surface area contributed by atoms with Crippen LogP contribution in [0.4, 0.5) is 0 Å². The van der Waals surface area contributed by atoms with Crippen molar-refractivity contribution in [2.45, 2.75) is 80.1 Å². The summed E-state index contributed by atoms with van der Waals surface area (Å²) in [6.45, 7) is 14.5. The van der Waals surface area contributed by atoms with Crippen molar-refractivity contribution in [3.63, 3.8) is 0 Å². The van der Waals surface area contributed by atoms with Crippen LogP contribution in [0, 0.1) is 35.5 Å². The summed E-state index contributed by atoms with van der Waals surface area (Å²) in [4.78, 5) is 0. The van der Waals surface area contributed by atoms with Crippen molar-refractivity contribution in [3.8, 4) is 0 Å². The van der Waals surface area contributed by atoms with Gasteiger partial charge in [-0.25, -0.2) is 0 Å². The predicted octanol–water partition coefficient (Wildman–Crippen LogP) is 6.16. The molecule has 0 nitrogen and oxygen atoms in total. The molecule has 0 aliphatic heterocycles. The first-order chi connectivity index (χ1) is 8.45. The summed E-state index contributed by atoms with van der Waals surface area (Å²) in [5.74, 6) is 5.74. The molecule has 1 fully saturated rings. The fraction of sp³-hybridized carbons (Fsp3) is 1.00. The third kappa shape index (κ3) is 5.33. The highest BCUT2D eigenvalue weighted by molar-refractivity contribution is 4.84. The van der Waals surface area contributed by atoms with Gasteiger partial charge in [0, 0.05) is 0 Å². The molecule has 0 aromatic carbocycles. The van der Waals surface area contributed by atoms with Gasteiger partial charge in [0.1, 0.15) is 0 Å². The predicted molar refractivity (Wildman–Crippen MR) is 82.7 cm³/mol. The number of hydrogen-bond donors (Lipinski definition) is 0. The van der Waals surface area contributed by atoms with Gasteiger partial charge in [0.05, 0.1) is 0 Å². The van der Waals surface area contributed by atoms with Gasteiger partial charge in [0.15, 0.2) is 0 Å². The minimum atomic E-state index is 0.895. The molecular weight excluding hydrogens is 216 g/mol. The zero-order chi connectivity index (χ0) is 13.7. The van der Waals surface area contributed by atoms with Crippen LogP contribution >= 0.6 is 0 Å². The topological polar surface area (TPSA) is 0 Å². The number of rotatable bonds is 9. The first-order valence-corrected chi connectivity index (χ1v) is 8.45. The average Bonchev–Trinajstić information content (AvgIpc) is 3.15. The fourth-order valence-electron chi connectivity index (χ4n) is 3.35. The van der Waals surface area contributed by atoms with E-state index in [9.17, 15) is 0 Å². The maximum Gasteiger partial charge on any atom is -0.0360 e. The summed E-state index contributed by atoms with van der Waals surface area (Å²) in [5.41, 5.74) is 0. The minimum absolute atomic E-state index is 0.895. The molecular formula is C18H36. The van der Waals surface area contributed by atoms with Crippen molar-refractivity contribution >= 4 is 0 Å². The standard InChI is InChI=1S/C18H36/c1-7-15(5)16(6)9-8-14(4)12-18(13(2)3)17-10-11-17/h13-18H,7-12H2,1-6H3. The van der Waals surface area contributed by atoms with E-state index in [2.05, 4.69) is 41.5 Å². The van der Waals surface area contributed by atoms with Crippen LogP contribution in [0.3, 0.4) is 0 Å². The van der Waals surface area contributed by atoms with Crippen molar-refractivity contribution in [2.24, 2.45) is 35.5 Å². The first kappa shape index (κ1) is 16.1. The van der Waals surface area contributed by atoms with Crippen LogP contribution in [0.25, 0.3) is 0 Å². The monoisotopic (exact) mass is 252 g/mol. The van der Waals surface area contributed by atoms with Gasteiger partial charge >= 0.3 is 0 Å². The Morgan fingerprint density at radius 3 is 1.94 bits per heavy atom. The van der Waals surface area contributed by atoms with E-state index in [4.69, 9.17) is 0 Å². The Morgan fingerprint density at radius 2 is 1.50 bits per heavy atom. The minimum Gasteiger partial charge on any atom is -0.0651 e. The summed E-state index contributed by atoms with van der Waals surface area (Å²) >= 11 is 0. The maximum absolute atomic E-state index is 2.49. The number of hydrogen-bond acceptors (Lipinski definition) is 0. The second kappa shape index (κ2) is 7.56. The Kier molecular flexibility index (Phi) is 6.74. The SMILES string of the molecule is CCC(C)C(C)CCC(C)CC(C(C)C)C1CC1. The van der Waals surface area contributed by atoms with Gasteiger partial charge in [-0.2, -0.15) is 0 Å². The quantitative estimate of drug-likeness (QED) is 0.461. The summed E-state index contributed by atoms with van der Waals surface area (Å²) in [6.07, 6.45) is 8.73. The van der Waals surface area contributed by atoms with Crippen LogP contribution in [0.1, 0.15) is 80.1 Å². The van der Waals surface area contributed by atoms with E-state index in [-0.39, 0.29) is 0 Å². The van der Waals surface area contributed by atoms with Crippen molar-refractivity contribution in [2.75, 3.05) is 0 Å². The third-order valence-electron chi connectivity index (χ3n) is 5.49. The second-order valence-corrected chi connectivity index (χ2v) is 7.53. The molecule has 18 heavy (non-hydrogen) atoms. The zero-order valence-electron chi connectivity index (χ0n) is 13.7. The molecule has 0 heteroatoms. The van der Waals surface area contributed by atoms with Crippen molar-refractivity contribution in [1.82, 2.24) is 0 Å². The summed E-state index contributed by atoms with van der Waals surface area (Å²) in [7, 11) is 0. The van der Waals surface area contributed by atoms with Gasteiger partial charge < -0.3 is 0 Å². The Labute approximate surface area is 116 Å². The van der Waals surface area contributed by atoms with Gasteiger partial charge in [0.25, 0.3) is 0 Å². The molecule has 0 aromatic heterocycles. The summed E-state index contributed by atoms with van der Waals surface area (Å²) in [6, 6.07) is 0. The lowest BCUT2D eigenvalue weighted by Crippen LogP contribution is -2.16. The molecule has 0 N–H and O–H groups in total. The van der Waals surface area contributed by atoms with Gasteiger partial charge in [-0.05, 0) is 54.8 Å². The van der Waals surface area contributed by atoms with Gasteiger partial charge in [-0.1, -0.05) is 60.8 Å². The maximum atomic E-state index is 2.49. The highest BCUT2D eigenvalue weighted by Crippen LogP contribution is 2.44. The molecule has 1 aliphatic rings. The molecule has 0 saturated heterocycles. The van der Waals surface area contributed by atoms with Crippen molar-refractivity contribution in [1.29, 1.82) is 0 Å². The van der Waals surface area contributed by atoms with E-state index in [0.717, 1.165) is 35.5 Å². The van der Waals surface area contributed by atoms with E-state index in [1.165, 1.54) is 38.5 Å². The molecule has 1 saturated carbocycles. The molecule has 1 rings (SSSR count). The molecule has 108 valence electrons. The Balaban J connectivity index is 2.25. The molecule has 0 heterocycles. The molecule has 0 amide bonds. The molecule has 0 spiro atoms. The summed E-state index contributed by atoms with van der Waals surface area (Å²) < 4.78 is 0. The van der Waals surface area contributed by atoms with Crippen LogP contribution in [-0.4, -0.2) is 0 Å². The van der Waals surface area contributed by atoms with E-state index < -0.39 is 0 Å². The highest BCUT2D eigenvalue weighted by atomic mass is 14.4. The van der Waals surface area contributed by atoms with E-state index in [0.29, 0.717) is 0 Å². The smallest absolute Gasteiger partial charge is 0.0360 e. The van der Waals surface area contributed by atoms with Crippen LogP contribution in [-0.2, 0) is 0 Å². The van der Waals surface area contributed by atoms with E-state index >= 15 is 0 Å². The lowest BCUT2D eigenvalue weighted by molar-refractivity contribution is 0.248. The van der Waals surface area contributed by atoms with Crippen molar-refractivity contribution < 1.29 is 0 Å². The van der Waals surface area contributed by atoms with Crippen LogP contribution < -0.4 is 0 Å². The largest absolute Gasteiger partial charge is 0.0651 e. The fourth-order valence-corrected chi connectivity index (χ4v) is 3.35. The normalized spacial score (nSPS) is 22.8. The zero-order valence-corrected chi connectivity index (χ0v) is 13.7. The van der Waals surface area contributed by atoms with E-state index in [1.807, 2.05) is 0 Å². The molecule has 0 bridgehead atoms.